The third-order valence-electron chi connectivity index (χ3n) is 6.98. The standard InChI is InChI=1S/C28H22N2/c1-2-9-23-21(7-1)22-8-3-4-10-24(22)30-18-15-20-13-12-19-14-17-29-16-6-5-11-25(29)26(19)27(20)28(23)30/h1-13,16H,14-15,17-18H2/q+2. The molecule has 30 heavy (non-hydrogen) atoms. The van der Waals surface area contributed by atoms with Gasteiger partial charge in [-0.05, 0) is 29.3 Å². The van der Waals surface area contributed by atoms with Crippen molar-refractivity contribution in [1.29, 1.82) is 0 Å². The fraction of sp³-hybridized carbons (Fsp3) is 0.143. The molecule has 0 amide bonds. The molecule has 0 N–H and O–H groups in total. The van der Waals surface area contributed by atoms with E-state index in [2.05, 4.69) is 94.2 Å². The highest BCUT2D eigenvalue weighted by molar-refractivity contribution is 6.10. The van der Waals surface area contributed by atoms with Gasteiger partial charge in [0.2, 0.25) is 16.9 Å². The van der Waals surface area contributed by atoms with Gasteiger partial charge < -0.3 is 0 Å². The second-order valence-electron chi connectivity index (χ2n) is 8.48. The van der Waals surface area contributed by atoms with E-state index in [1.54, 1.807) is 0 Å². The van der Waals surface area contributed by atoms with E-state index in [9.17, 15) is 0 Å². The van der Waals surface area contributed by atoms with E-state index >= 15 is 0 Å². The van der Waals surface area contributed by atoms with Crippen LogP contribution in [0.25, 0.3) is 44.2 Å². The van der Waals surface area contributed by atoms with Crippen LogP contribution in [0.2, 0.25) is 0 Å². The number of para-hydroxylation sites is 1. The van der Waals surface area contributed by atoms with Crippen molar-refractivity contribution in [2.75, 3.05) is 0 Å². The largest absolute Gasteiger partial charge is 0.222 e. The second kappa shape index (κ2) is 5.99. The van der Waals surface area contributed by atoms with E-state index in [4.69, 9.17) is 0 Å². The van der Waals surface area contributed by atoms with Crippen LogP contribution in [-0.2, 0) is 25.9 Å². The minimum absolute atomic E-state index is 1.03. The highest BCUT2D eigenvalue weighted by atomic mass is 15.0. The molecule has 0 saturated heterocycles. The van der Waals surface area contributed by atoms with Gasteiger partial charge in [-0.2, -0.15) is 9.13 Å². The Hall–Kier alpha value is -3.52. The van der Waals surface area contributed by atoms with E-state index in [0.717, 1.165) is 25.9 Å². The zero-order valence-electron chi connectivity index (χ0n) is 16.8. The number of hydrogen-bond acceptors (Lipinski definition) is 0. The van der Waals surface area contributed by atoms with Gasteiger partial charge in [0.05, 0.1) is 21.9 Å². The van der Waals surface area contributed by atoms with Gasteiger partial charge in [-0.15, -0.1) is 0 Å². The Morgan fingerprint density at radius 2 is 1.27 bits per heavy atom. The molecule has 0 unspecified atom stereocenters. The van der Waals surface area contributed by atoms with Crippen molar-refractivity contribution in [3.8, 4) is 22.5 Å². The van der Waals surface area contributed by atoms with Gasteiger partial charge in [0, 0.05) is 36.4 Å². The monoisotopic (exact) mass is 386 g/mol. The minimum Gasteiger partial charge on any atom is -0.198 e. The summed E-state index contributed by atoms with van der Waals surface area (Å²) >= 11 is 0. The van der Waals surface area contributed by atoms with Crippen LogP contribution in [0.5, 0.6) is 0 Å². The Morgan fingerprint density at radius 1 is 0.567 bits per heavy atom. The van der Waals surface area contributed by atoms with Crippen molar-refractivity contribution in [2.24, 2.45) is 0 Å². The molecule has 4 heterocycles. The number of hydrogen-bond donors (Lipinski definition) is 0. The molecule has 0 saturated carbocycles. The summed E-state index contributed by atoms with van der Waals surface area (Å²) in [5.74, 6) is 0. The fourth-order valence-corrected chi connectivity index (χ4v) is 5.67. The zero-order chi connectivity index (χ0) is 19.7. The van der Waals surface area contributed by atoms with Gasteiger partial charge >= 0.3 is 0 Å². The first kappa shape index (κ1) is 16.3. The summed E-state index contributed by atoms with van der Waals surface area (Å²) in [4.78, 5) is 0. The van der Waals surface area contributed by atoms with Crippen LogP contribution in [0.15, 0.2) is 85.1 Å². The van der Waals surface area contributed by atoms with Crippen molar-refractivity contribution >= 4 is 21.7 Å². The molecule has 2 aliphatic heterocycles. The van der Waals surface area contributed by atoms with Crippen LogP contribution in [0.1, 0.15) is 11.1 Å². The molecular formula is C28H22N2+2. The number of pyridine rings is 2. The maximum Gasteiger partial charge on any atom is 0.222 e. The Kier molecular flexibility index (Phi) is 3.25. The molecule has 7 rings (SSSR count). The summed E-state index contributed by atoms with van der Waals surface area (Å²) in [7, 11) is 0. The first-order valence-electron chi connectivity index (χ1n) is 10.9. The average Bonchev–Trinajstić information content (AvgIpc) is 2.83. The zero-order valence-corrected chi connectivity index (χ0v) is 16.8. The highest BCUT2D eigenvalue weighted by Gasteiger charge is 2.35. The maximum atomic E-state index is 2.57. The van der Waals surface area contributed by atoms with Gasteiger partial charge in [-0.1, -0.05) is 42.5 Å². The van der Waals surface area contributed by atoms with Crippen molar-refractivity contribution < 1.29 is 9.13 Å². The van der Waals surface area contributed by atoms with Gasteiger partial charge in [-0.25, -0.2) is 0 Å². The first-order chi connectivity index (χ1) is 14.9. The maximum absolute atomic E-state index is 2.57. The lowest BCUT2D eigenvalue weighted by molar-refractivity contribution is -0.687. The summed E-state index contributed by atoms with van der Waals surface area (Å²) in [6.07, 6.45) is 4.40. The van der Waals surface area contributed by atoms with Crippen LogP contribution < -0.4 is 9.13 Å². The smallest absolute Gasteiger partial charge is 0.198 e. The topological polar surface area (TPSA) is 7.76 Å². The van der Waals surface area contributed by atoms with Gasteiger partial charge in [0.15, 0.2) is 19.3 Å². The lowest BCUT2D eigenvalue weighted by Gasteiger charge is -2.24. The molecule has 0 aliphatic carbocycles. The van der Waals surface area contributed by atoms with E-state index < -0.39 is 0 Å². The molecule has 2 heteroatoms. The van der Waals surface area contributed by atoms with E-state index in [1.165, 1.54) is 55.3 Å². The number of aromatic nitrogens is 2. The Labute approximate surface area is 175 Å². The van der Waals surface area contributed by atoms with Crippen LogP contribution >= 0.6 is 0 Å². The summed E-state index contributed by atoms with van der Waals surface area (Å²) in [6.45, 7) is 2.09. The third kappa shape index (κ3) is 2.08. The number of benzene rings is 3. The van der Waals surface area contributed by atoms with Crippen LogP contribution in [0.3, 0.4) is 0 Å². The molecule has 5 aromatic rings. The molecule has 2 nitrogen and oxygen atoms in total. The van der Waals surface area contributed by atoms with Crippen molar-refractivity contribution in [3.63, 3.8) is 0 Å². The molecule has 0 radical (unpaired) electrons. The molecule has 2 aliphatic rings. The predicted molar refractivity (Wildman–Crippen MR) is 120 cm³/mol. The van der Waals surface area contributed by atoms with Gasteiger partial charge in [0.25, 0.3) is 0 Å². The third-order valence-corrected chi connectivity index (χ3v) is 6.98. The molecule has 0 spiro atoms. The summed E-state index contributed by atoms with van der Waals surface area (Å²) < 4.78 is 4.99. The predicted octanol–water partition coefficient (Wildman–Crippen LogP) is 5.01. The summed E-state index contributed by atoms with van der Waals surface area (Å²) in [6, 6.07) is 29.2. The molecule has 2 aromatic heterocycles. The quantitative estimate of drug-likeness (QED) is 0.261. The molecule has 142 valence electrons. The van der Waals surface area contributed by atoms with E-state index in [-0.39, 0.29) is 0 Å². The van der Waals surface area contributed by atoms with Crippen molar-refractivity contribution in [1.82, 2.24) is 0 Å². The number of nitrogens with zero attached hydrogens (tertiary/aromatic N) is 2. The van der Waals surface area contributed by atoms with Crippen LogP contribution in [0, 0.1) is 0 Å². The highest BCUT2D eigenvalue weighted by Crippen LogP contribution is 2.42. The van der Waals surface area contributed by atoms with E-state index in [1.807, 2.05) is 0 Å². The first-order valence-corrected chi connectivity index (χ1v) is 10.9. The SMILES string of the molecule is c1cc[n+]2c(c1)-c1c(ccc3c1-c1c4ccccc4c4ccccc4[n+]1CC3)CC2. The lowest BCUT2D eigenvalue weighted by Crippen LogP contribution is -2.43. The van der Waals surface area contributed by atoms with Crippen molar-refractivity contribution in [3.05, 3.63) is 96.2 Å². The Balaban J connectivity index is 1.70. The summed E-state index contributed by atoms with van der Waals surface area (Å²) in [5.41, 5.74) is 9.91. The number of rotatable bonds is 0. The van der Waals surface area contributed by atoms with Crippen molar-refractivity contribution in [2.45, 2.75) is 25.9 Å². The van der Waals surface area contributed by atoms with Crippen LogP contribution in [0.4, 0.5) is 0 Å². The molecular weight excluding hydrogens is 364 g/mol. The molecule has 0 atom stereocenters. The lowest BCUT2D eigenvalue weighted by atomic mass is 9.83. The van der Waals surface area contributed by atoms with Crippen LogP contribution in [-0.4, -0.2) is 0 Å². The Morgan fingerprint density at radius 3 is 2.17 bits per heavy atom. The molecule has 0 bridgehead atoms. The fourth-order valence-electron chi connectivity index (χ4n) is 5.67. The van der Waals surface area contributed by atoms with Gasteiger partial charge in [-0.3, -0.25) is 0 Å². The number of aryl methyl sites for hydroxylation is 4. The van der Waals surface area contributed by atoms with Gasteiger partial charge in [0.1, 0.15) is 0 Å². The normalized spacial score (nSPS) is 14.1. The molecule has 0 fully saturated rings. The minimum atomic E-state index is 1.03. The van der Waals surface area contributed by atoms with E-state index in [0.29, 0.717) is 0 Å². The average molecular weight is 386 g/mol. The molecule has 3 aromatic carbocycles. The number of fused-ring (bicyclic) bond motifs is 12. The second-order valence-corrected chi connectivity index (χ2v) is 8.48. The Bertz CT molecular complexity index is 1500. The summed E-state index contributed by atoms with van der Waals surface area (Å²) in [5, 5.41) is 4.06.